The third kappa shape index (κ3) is 14.8. The van der Waals surface area contributed by atoms with Gasteiger partial charge in [-0.1, -0.05) is 31.4 Å². The minimum absolute atomic E-state index is 0.0601. The molecule has 6 aromatic rings. The van der Waals surface area contributed by atoms with Gasteiger partial charge < -0.3 is 57.0 Å². The van der Waals surface area contributed by atoms with E-state index in [1.54, 1.807) is 28.9 Å². The highest BCUT2D eigenvalue weighted by molar-refractivity contribution is 9.10. The zero-order valence-corrected chi connectivity index (χ0v) is 47.9. The van der Waals surface area contributed by atoms with Gasteiger partial charge in [0.1, 0.15) is 11.2 Å². The lowest BCUT2D eigenvalue weighted by Gasteiger charge is -2.24. The molecule has 8 heterocycles. The first-order chi connectivity index (χ1) is 37.9. The van der Waals surface area contributed by atoms with Crippen LogP contribution in [0.4, 0.5) is 21.0 Å². The predicted molar refractivity (Wildman–Crippen MR) is 297 cm³/mol. The zero-order valence-electron chi connectivity index (χ0n) is 46.3. The number of likely N-dealkylation sites (tertiary alicyclic amines) is 3. The Labute approximate surface area is 469 Å². The molecule has 5 atom stereocenters. The number of amides is 2. The van der Waals surface area contributed by atoms with Crippen molar-refractivity contribution < 1.29 is 42.1 Å². The molecule has 5 fully saturated rings. The fourth-order valence-electron chi connectivity index (χ4n) is 10.1. The topological polar surface area (TPSA) is 228 Å². The summed E-state index contributed by atoms with van der Waals surface area (Å²) in [7, 11) is 3.53. The van der Waals surface area contributed by atoms with Gasteiger partial charge in [0.25, 0.3) is 17.7 Å². The van der Waals surface area contributed by atoms with E-state index in [0.717, 1.165) is 86.0 Å². The van der Waals surface area contributed by atoms with Crippen molar-refractivity contribution in [3.05, 3.63) is 94.7 Å². The average Bonchev–Trinajstić information content (AvgIpc) is 4.38. The van der Waals surface area contributed by atoms with E-state index < -0.39 is 11.2 Å². The molecule has 420 valence electrons. The number of halogens is 1. The molecule has 3 unspecified atom stereocenters. The first-order valence-electron chi connectivity index (χ1n) is 27.0. The molecule has 21 nitrogen and oxygen atoms in total. The molecule has 5 aliphatic rings. The maximum absolute atomic E-state index is 12.3. The van der Waals surface area contributed by atoms with Gasteiger partial charge in [-0.15, -0.1) is 0 Å². The van der Waals surface area contributed by atoms with Gasteiger partial charge in [0.15, 0.2) is 23.7 Å². The lowest BCUT2D eigenvalue weighted by atomic mass is 10.1. The van der Waals surface area contributed by atoms with Gasteiger partial charge in [-0.3, -0.25) is 0 Å². The Hall–Kier alpha value is -7.09. The van der Waals surface area contributed by atoms with Crippen LogP contribution >= 0.6 is 15.9 Å². The largest absolute Gasteiger partial charge is 0.444 e. The maximum Gasteiger partial charge on any atom is 0.410 e. The molecular formula is C57H71BrN12O9. The number of hydrogen-bond donors (Lipinski definition) is 0. The van der Waals surface area contributed by atoms with Crippen molar-refractivity contribution in [3.8, 4) is 40.6 Å². The van der Waals surface area contributed by atoms with Crippen molar-refractivity contribution in [1.82, 2.24) is 45.1 Å². The molecule has 5 aliphatic heterocycles. The van der Waals surface area contributed by atoms with Gasteiger partial charge in [0.05, 0.1) is 12.2 Å². The molecule has 0 N–H and O–H groups in total. The Balaban J connectivity index is 0.000000145. The Morgan fingerprint density at radius 2 is 0.899 bits per heavy atom. The number of hydrogen-bond acceptors (Lipinski definition) is 19. The number of aromatic nitrogens is 6. The number of ether oxygens (including phenoxy) is 4. The van der Waals surface area contributed by atoms with E-state index in [0.29, 0.717) is 80.1 Å². The van der Waals surface area contributed by atoms with Gasteiger partial charge in [-0.2, -0.15) is 20.2 Å². The van der Waals surface area contributed by atoms with Gasteiger partial charge >= 0.3 is 12.2 Å². The van der Waals surface area contributed by atoms with Crippen LogP contribution in [0.2, 0.25) is 0 Å². The molecule has 0 spiro atoms. The Morgan fingerprint density at radius 3 is 1.24 bits per heavy atom. The van der Waals surface area contributed by atoms with E-state index in [9.17, 15) is 9.59 Å². The van der Waals surface area contributed by atoms with Crippen molar-refractivity contribution in [2.75, 3.05) is 89.5 Å². The molecule has 3 aromatic carbocycles. The first-order valence-corrected chi connectivity index (χ1v) is 27.8. The molecule has 2 amide bonds. The number of anilines is 2. The number of methoxy groups -OCH3 is 2. The number of carbonyl (C=O) groups is 2. The number of nitrogens with zero attached hydrogens (tertiary/aromatic N) is 12. The summed E-state index contributed by atoms with van der Waals surface area (Å²) in [6.45, 7) is 18.9. The van der Waals surface area contributed by atoms with Crippen molar-refractivity contribution in [2.45, 2.75) is 115 Å². The summed E-state index contributed by atoms with van der Waals surface area (Å²) in [5, 5.41) is 21.3. The second kappa shape index (κ2) is 24.9. The van der Waals surface area contributed by atoms with Crippen LogP contribution in [0.3, 0.4) is 0 Å². The molecule has 0 radical (unpaired) electrons. The van der Waals surface area contributed by atoms with Crippen LogP contribution in [0.25, 0.3) is 34.4 Å². The number of rotatable bonds is 10. The van der Waals surface area contributed by atoms with E-state index in [4.69, 9.17) is 37.8 Å². The molecule has 22 heteroatoms. The highest BCUT2D eigenvalue weighted by Gasteiger charge is 2.35. The second-order valence-corrected chi connectivity index (χ2v) is 23.4. The quantitative estimate of drug-likeness (QED) is 0.116. The van der Waals surface area contributed by atoms with Gasteiger partial charge in [-0.25, -0.2) is 9.59 Å². The zero-order chi connectivity index (χ0) is 55.8. The van der Waals surface area contributed by atoms with Crippen molar-refractivity contribution in [3.63, 3.8) is 0 Å². The van der Waals surface area contributed by atoms with Crippen molar-refractivity contribution >= 4 is 39.5 Å². The lowest BCUT2D eigenvalue weighted by molar-refractivity contribution is 0.0281. The number of nitriles is 1. The Kier molecular flexibility index (Phi) is 17.9. The van der Waals surface area contributed by atoms with Crippen LogP contribution in [-0.2, 0) is 18.9 Å². The Morgan fingerprint density at radius 1 is 0.532 bits per heavy atom. The number of benzene rings is 3. The van der Waals surface area contributed by atoms with E-state index in [1.165, 1.54) is 11.4 Å². The van der Waals surface area contributed by atoms with E-state index >= 15 is 0 Å². The predicted octanol–water partition coefficient (Wildman–Crippen LogP) is 10.1. The minimum atomic E-state index is -0.500. The summed E-state index contributed by atoms with van der Waals surface area (Å²) >= 11 is 3.40. The van der Waals surface area contributed by atoms with Crippen molar-refractivity contribution in [1.29, 1.82) is 5.26 Å². The van der Waals surface area contributed by atoms with Crippen LogP contribution < -0.4 is 9.80 Å². The van der Waals surface area contributed by atoms with E-state index in [1.807, 2.05) is 90.1 Å². The first kappa shape index (κ1) is 56.6. The van der Waals surface area contributed by atoms with E-state index in [2.05, 4.69) is 86.6 Å². The molecule has 79 heavy (non-hydrogen) atoms. The smallest absolute Gasteiger partial charge is 0.410 e. The fourth-order valence-corrected chi connectivity index (χ4v) is 10.3. The highest BCUT2D eigenvalue weighted by atomic mass is 79.9. The average molecular weight is 1150 g/mol. The van der Waals surface area contributed by atoms with Crippen LogP contribution in [0.1, 0.15) is 109 Å². The van der Waals surface area contributed by atoms with Crippen LogP contribution in [0.15, 0.2) is 90.8 Å². The van der Waals surface area contributed by atoms with Crippen LogP contribution in [0.5, 0.6) is 0 Å². The van der Waals surface area contributed by atoms with Crippen LogP contribution in [-0.4, -0.2) is 160 Å². The molecular weight excluding hydrogens is 1080 g/mol. The standard InChI is InChI=1S/C22H30N4O4.C18H21N5O2.C17H20BrN3O3/c1-22(2,3)29-21(27)26-11-9-16(13-26)19-23-20(30-24-19)15-5-7-17(8-6-15)25-12-10-18(14-25)28-4;1-24-16-7-9-23(11-16)15-4-2-13(3-5-15)18-20-17(21-25-18)14-6-8-22(10-14)12-19;1-17(2,3)23-16(22)21-9-8-12(10-21)14-19-15(24-20-14)11-4-6-13(18)7-5-11/h5-8,16,18H,9-14H2,1-4H3;2-5,14,16H,6-11H2,1H3;4-7,12H,8-10H2,1-3H3/t16?,18-;14?,16-;/m11./s1. The number of carbonyl (C=O) groups excluding carboxylic acids is 2. The monoisotopic (exact) mass is 1150 g/mol. The summed E-state index contributed by atoms with van der Waals surface area (Å²) in [6.07, 6.45) is 6.82. The summed E-state index contributed by atoms with van der Waals surface area (Å²) in [6, 6.07) is 24.1. The minimum Gasteiger partial charge on any atom is -0.444 e. The molecule has 0 bridgehead atoms. The molecule has 0 saturated carbocycles. The SMILES string of the molecule is CC(C)(C)OC(=O)N1CCC(c2noc(-c3ccc(Br)cc3)n2)C1.CO[C@@H]1CCN(c2ccc(-c3nc(C4CCN(C#N)C4)no3)cc2)C1.CO[C@@H]1CCN(c2ccc(-c3nc(C4CCN(C(=O)OC(C)(C)C)C4)no3)cc2)C1. The summed E-state index contributed by atoms with van der Waals surface area (Å²) in [5.41, 5.74) is 4.04. The molecule has 0 aliphatic carbocycles. The maximum atomic E-state index is 12.3. The fraction of sp³-hybridized carbons (Fsp3) is 0.526. The summed E-state index contributed by atoms with van der Waals surface area (Å²) in [5.74, 6) is 3.81. The van der Waals surface area contributed by atoms with Crippen LogP contribution in [0, 0.1) is 11.5 Å². The normalized spacial score (nSPS) is 21.2. The van der Waals surface area contributed by atoms with E-state index in [-0.39, 0.29) is 29.9 Å². The van der Waals surface area contributed by atoms with Gasteiger partial charge in [0.2, 0.25) is 0 Å². The molecule has 3 aromatic heterocycles. The highest BCUT2D eigenvalue weighted by Crippen LogP contribution is 2.33. The van der Waals surface area contributed by atoms with Gasteiger partial charge in [0, 0.05) is 130 Å². The third-order valence-electron chi connectivity index (χ3n) is 14.4. The molecule has 11 rings (SSSR count). The Bertz CT molecular complexity index is 3000. The lowest BCUT2D eigenvalue weighted by Crippen LogP contribution is -2.35. The molecule has 5 saturated heterocycles. The second-order valence-electron chi connectivity index (χ2n) is 22.5. The van der Waals surface area contributed by atoms with Crippen molar-refractivity contribution in [2.24, 2.45) is 0 Å². The van der Waals surface area contributed by atoms with Gasteiger partial charge in [-0.05, 0) is 146 Å². The summed E-state index contributed by atoms with van der Waals surface area (Å²) < 4.78 is 39.0. The summed E-state index contributed by atoms with van der Waals surface area (Å²) in [4.78, 5) is 47.8. The third-order valence-corrected chi connectivity index (χ3v) is 15.0.